The third-order valence-corrected chi connectivity index (χ3v) is 5.79. The number of amides is 1. The fourth-order valence-electron chi connectivity index (χ4n) is 2.45. The summed E-state index contributed by atoms with van der Waals surface area (Å²) >= 11 is 0. The Labute approximate surface area is 125 Å². The summed E-state index contributed by atoms with van der Waals surface area (Å²) in [6.45, 7) is 4.11. The quantitative estimate of drug-likeness (QED) is 0.888. The predicted octanol–water partition coefficient (Wildman–Crippen LogP) is 1.24. The summed E-state index contributed by atoms with van der Waals surface area (Å²) < 4.78 is 30.4. The standard InChI is InChI=1S/C15H21NO4S/c1-3-16-15(17)11(2)21(18,19)10-14-13-7-5-4-6-12(13)8-9-20-14/h4-7,11,14H,3,8-10H2,1-2H3,(H,16,17). The number of sulfone groups is 1. The lowest BCUT2D eigenvalue weighted by Gasteiger charge is -2.26. The molecule has 0 aromatic heterocycles. The molecule has 1 aliphatic heterocycles. The van der Waals surface area contributed by atoms with E-state index in [4.69, 9.17) is 4.74 Å². The van der Waals surface area contributed by atoms with Crippen molar-refractivity contribution >= 4 is 15.7 Å². The van der Waals surface area contributed by atoms with Gasteiger partial charge in [-0.25, -0.2) is 8.42 Å². The first-order valence-electron chi connectivity index (χ1n) is 7.14. The van der Waals surface area contributed by atoms with Crippen LogP contribution in [-0.2, 0) is 25.8 Å². The van der Waals surface area contributed by atoms with Crippen molar-refractivity contribution in [1.29, 1.82) is 0 Å². The molecule has 0 spiro atoms. The van der Waals surface area contributed by atoms with Gasteiger partial charge >= 0.3 is 0 Å². The molecule has 2 unspecified atom stereocenters. The first-order valence-corrected chi connectivity index (χ1v) is 8.86. The highest BCUT2D eigenvalue weighted by Gasteiger charge is 2.33. The van der Waals surface area contributed by atoms with Crippen LogP contribution in [0.15, 0.2) is 24.3 Å². The Bertz CT molecular complexity index is 612. The van der Waals surface area contributed by atoms with Crippen molar-refractivity contribution in [2.24, 2.45) is 0 Å². The zero-order valence-electron chi connectivity index (χ0n) is 12.3. The van der Waals surface area contributed by atoms with E-state index in [1.165, 1.54) is 6.92 Å². The van der Waals surface area contributed by atoms with Gasteiger partial charge in [-0.05, 0) is 31.4 Å². The third kappa shape index (κ3) is 3.63. The van der Waals surface area contributed by atoms with Gasteiger partial charge in [-0.15, -0.1) is 0 Å². The Morgan fingerprint density at radius 2 is 2.14 bits per heavy atom. The maximum atomic E-state index is 12.4. The minimum absolute atomic E-state index is 0.164. The highest BCUT2D eigenvalue weighted by molar-refractivity contribution is 7.92. The van der Waals surface area contributed by atoms with Crippen LogP contribution in [0.4, 0.5) is 0 Å². The fraction of sp³-hybridized carbons (Fsp3) is 0.533. The molecule has 1 aromatic rings. The summed E-state index contributed by atoms with van der Waals surface area (Å²) in [5.74, 6) is -0.621. The van der Waals surface area contributed by atoms with Crippen LogP contribution in [0.1, 0.15) is 31.1 Å². The van der Waals surface area contributed by atoms with E-state index in [2.05, 4.69) is 5.32 Å². The summed E-state index contributed by atoms with van der Waals surface area (Å²) in [5, 5.41) is 1.49. The van der Waals surface area contributed by atoms with Crippen LogP contribution in [0.2, 0.25) is 0 Å². The molecule has 0 saturated carbocycles. The Hall–Kier alpha value is -1.40. The molecule has 116 valence electrons. The SMILES string of the molecule is CCNC(=O)C(C)S(=O)(=O)CC1OCCc2ccccc21. The molecule has 1 N–H and O–H groups in total. The molecule has 1 aliphatic rings. The van der Waals surface area contributed by atoms with Gasteiger partial charge in [0.1, 0.15) is 5.25 Å². The summed E-state index contributed by atoms with van der Waals surface area (Å²) in [6.07, 6.45) is 0.301. The molecule has 0 radical (unpaired) electrons. The second-order valence-corrected chi connectivity index (χ2v) is 7.54. The van der Waals surface area contributed by atoms with E-state index in [0.717, 1.165) is 17.5 Å². The van der Waals surface area contributed by atoms with Gasteiger partial charge in [-0.3, -0.25) is 4.79 Å². The van der Waals surface area contributed by atoms with Crippen LogP contribution < -0.4 is 5.32 Å². The van der Waals surface area contributed by atoms with E-state index < -0.39 is 27.1 Å². The van der Waals surface area contributed by atoms with Crippen molar-refractivity contribution < 1.29 is 17.9 Å². The lowest BCUT2D eigenvalue weighted by molar-refractivity contribution is -0.120. The molecule has 0 aliphatic carbocycles. The normalized spacial score (nSPS) is 19.6. The van der Waals surface area contributed by atoms with Crippen LogP contribution in [-0.4, -0.2) is 38.5 Å². The number of carbonyl (C=O) groups excluding carboxylic acids is 1. The Morgan fingerprint density at radius 3 is 2.86 bits per heavy atom. The van der Waals surface area contributed by atoms with Crippen LogP contribution >= 0.6 is 0 Å². The summed E-state index contributed by atoms with van der Waals surface area (Å²) in [6, 6.07) is 7.70. The van der Waals surface area contributed by atoms with Gasteiger partial charge < -0.3 is 10.1 Å². The van der Waals surface area contributed by atoms with Crippen molar-refractivity contribution in [3.8, 4) is 0 Å². The van der Waals surface area contributed by atoms with Crippen LogP contribution in [0.3, 0.4) is 0 Å². The maximum absolute atomic E-state index is 12.4. The number of benzene rings is 1. The topological polar surface area (TPSA) is 72.5 Å². The molecule has 2 atom stereocenters. The first kappa shape index (κ1) is 16.0. The number of carbonyl (C=O) groups is 1. The Balaban J connectivity index is 2.16. The summed E-state index contributed by atoms with van der Waals surface area (Å²) in [4.78, 5) is 11.7. The summed E-state index contributed by atoms with van der Waals surface area (Å²) in [7, 11) is -3.56. The number of fused-ring (bicyclic) bond motifs is 1. The van der Waals surface area contributed by atoms with Gasteiger partial charge in [0, 0.05) is 6.54 Å². The monoisotopic (exact) mass is 311 g/mol. The predicted molar refractivity (Wildman–Crippen MR) is 80.8 cm³/mol. The van der Waals surface area contributed by atoms with E-state index in [1.54, 1.807) is 6.92 Å². The van der Waals surface area contributed by atoms with Gasteiger partial charge in [0.2, 0.25) is 5.91 Å². The van der Waals surface area contributed by atoms with Crippen molar-refractivity contribution in [2.75, 3.05) is 18.9 Å². The molecule has 0 bridgehead atoms. The Kier molecular flexibility index (Phi) is 5.00. The third-order valence-electron chi connectivity index (χ3n) is 3.74. The lowest BCUT2D eigenvalue weighted by atomic mass is 9.99. The van der Waals surface area contributed by atoms with Gasteiger partial charge in [0.25, 0.3) is 0 Å². The average Bonchev–Trinajstić information content (AvgIpc) is 2.47. The number of rotatable bonds is 5. The largest absolute Gasteiger partial charge is 0.372 e. The second-order valence-electron chi connectivity index (χ2n) is 5.17. The zero-order chi connectivity index (χ0) is 15.5. The van der Waals surface area contributed by atoms with E-state index in [1.807, 2.05) is 24.3 Å². The molecule has 1 amide bonds. The molecule has 1 heterocycles. The van der Waals surface area contributed by atoms with Crippen LogP contribution in [0, 0.1) is 0 Å². The molecule has 5 nitrogen and oxygen atoms in total. The minimum Gasteiger partial charge on any atom is -0.372 e. The Morgan fingerprint density at radius 1 is 1.43 bits per heavy atom. The van der Waals surface area contributed by atoms with Crippen LogP contribution in [0.5, 0.6) is 0 Å². The number of nitrogens with one attached hydrogen (secondary N) is 1. The van der Waals surface area contributed by atoms with Crippen molar-refractivity contribution in [3.63, 3.8) is 0 Å². The average molecular weight is 311 g/mol. The lowest BCUT2D eigenvalue weighted by Crippen LogP contribution is -2.40. The molecule has 1 aromatic carbocycles. The molecule has 0 saturated heterocycles. The van der Waals surface area contributed by atoms with Gasteiger partial charge in [-0.1, -0.05) is 24.3 Å². The molecular formula is C15H21NO4S. The van der Waals surface area contributed by atoms with Crippen molar-refractivity contribution in [1.82, 2.24) is 5.32 Å². The number of hydrogen-bond acceptors (Lipinski definition) is 4. The zero-order valence-corrected chi connectivity index (χ0v) is 13.2. The fourth-order valence-corrected chi connectivity index (χ4v) is 3.85. The van der Waals surface area contributed by atoms with E-state index >= 15 is 0 Å². The molecule has 6 heteroatoms. The smallest absolute Gasteiger partial charge is 0.238 e. The van der Waals surface area contributed by atoms with Crippen LogP contribution in [0.25, 0.3) is 0 Å². The van der Waals surface area contributed by atoms with Gasteiger partial charge in [0.15, 0.2) is 9.84 Å². The summed E-state index contributed by atoms with van der Waals surface area (Å²) in [5.41, 5.74) is 2.03. The van der Waals surface area contributed by atoms with Gasteiger partial charge in [-0.2, -0.15) is 0 Å². The van der Waals surface area contributed by atoms with Crippen molar-refractivity contribution in [2.45, 2.75) is 31.6 Å². The maximum Gasteiger partial charge on any atom is 0.238 e. The number of hydrogen-bond donors (Lipinski definition) is 1. The molecular weight excluding hydrogens is 290 g/mol. The van der Waals surface area contributed by atoms with Gasteiger partial charge in [0.05, 0.1) is 18.5 Å². The molecule has 2 rings (SSSR count). The highest BCUT2D eigenvalue weighted by atomic mass is 32.2. The van der Waals surface area contributed by atoms with Crippen molar-refractivity contribution in [3.05, 3.63) is 35.4 Å². The number of ether oxygens (including phenoxy) is 1. The molecule has 21 heavy (non-hydrogen) atoms. The highest BCUT2D eigenvalue weighted by Crippen LogP contribution is 2.28. The van der Waals surface area contributed by atoms with E-state index in [0.29, 0.717) is 13.2 Å². The van der Waals surface area contributed by atoms with E-state index in [9.17, 15) is 13.2 Å². The second kappa shape index (κ2) is 6.58. The first-order chi connectivity index (χ1) is 9.95. The minimum atomic E-state index is -3.56. The molecule has 0 fully saturated rings. The van der Waals surface area contributed by atoms with E-state index in [-0.39, 0.29) is 5.75 Å².